The predicted octanol–water partition coefficient (Wildman–Crippen LogP) is 16.9. The minimum atomic E-state index is -0.775. The summed E-state index contributed by atoms with van der Waals surface area (Å²) in [5.74, 6) is -0.882. The largest absolute Gasteiger partial charge is 0.462 e. The number of ether oxygens (including phenoxy) is 3. The molecular formula is C54H98O6. The van der Waals surface area contributed by atoms with Crippen molar-refractivity contribution < 1.29 is 28.6 Å². The maximum absolute atomic E-state index is 12.8. The number of carbonyl (C=O) groups is 3. The van der Waals surface area contributed by atoms with Gasteiger partial charge in [-0.25, -0.2) is 0 Å². The minimum Gasteiger partial charge on any atom is -0.462 e. The van der Waals surface area contributed by atoms with E-state index >= 15 is 0 Å². The lowest BCUT2D eigenvalue weighted by Gasteiger charge is -2.18. The highest BCUT2D eigenvalue weighted by molar-refractivity contribution is 5.71. The van der Waals surface area contributed by atoms with Crippen molar-refractivity contribution in [2.24, 2.45) is 0 Å². The first kappa shape index (κ1) is 57.6. The summed E-state index contributed by atoms with van der Waals surface area (Å²) in [6, 6.07) is 0. The lowest BCUT2D eigenvalue weighted by atomic mass is 10.0. The third-order valence-corrected chi connectivity index (χ3v) is 11.4. The molecule has 0 bridgehead atoms. The highest BCUT2D eigenvalue weighted by Crippen LogP contribution is 2.16. The average molecular weight is 843 g/mol. The second-order valence-electron chi connectivity index (χ2n) is 17.4. The fourth-order valence-electron chi connectivity index (χ4n) is 7.52. The van der Waals surface area contributed by atoms with Gasteiger partial charge in [0.05, 0.1) is 0 Å². The van der Waals surface area contributed by atoms with Gasteiger partial charge >= 0.3 is 17.9 Å². The normalized spacial score (nSPS) is 12.2. The molecule has 0 radical (unpaired) electrons. The fourth-order valence-corrected chi connectivity index (χ4v) is 7.52. The van der Waals surface area contributed by atoms with Gasteiger partial charge in [-0.3, -0.25) is 14.4 Å². The van der Waals surface area contributed by atoms with Crippen molar-refractivity contribution in [1.29, 1.82) is 0 Å². The zero-order valence-electron chi connectivity index (χ0n) is 40.0. The van der Waals surface area contributed by atoms with Crippen LogP contribution in [0, 0.1) is 0 Å². The Morgan fingerprint density at radius 3 is 1.02 bits per heavy atom. The summed E-state index contributed by atoms with van der Waals surface area (Å²) >= 11 is 0. The van der Waals surface area contributed by atoms with E-state index in [0.29, 0.717) is 19.3 Å². The molecule has 6 heteroatoms. The van der Waals surface area contributed by atoms with Crippen LogP contribution in [0.3, 0.4) is 0 Å². The minimum absolute atomic E-state index is 0.0751. The second kappa shape index (κ2) is 49.3. The summed E-state index contributed by atoms with van der Waals surface area (Å²) in [4.78, 5) is 37.9. The van der Waals surface area contributed by atoms with Gasteiger partial charge in [0.1, 0.15) is 13.2 Å². The van der Waals surface area contributed by atoms with Crippen LogP contribution in [0.25, 0.3) is 0 Å². The van der Waals surface area contributed by atoms with E-state index in [9.17, 15) is 14.4 Å². The predicted molar refractivity (Wildman–Crippen MR) is 256 cm³/mol. The Morgan fingerprint density at radius 2 is 0.650 bits per heavy atom. The van der Waals surface area contributed by atoms with Gasteiger partial charge < -0.3 is 14.2 Å². The Balaban J connectivity index is 4.32. The molecule has 0 aromatic carbocycles. The van der Waals surface area contributed by atoms with Gasteiger partial charge in [0.15, 0.2) is 6.10 Å². The van der Waals surface area contributed by atoms with Gasteiger partial charge in [0, 0.05) is 19.3 Å². The fraction of sp³-hybridized carbons (Fsp3) is 0.833. The van der Waals surface area contributed by atoms with Gasteiger partial charge in [0.2, 0.25) is 0 Å². The Bertz CT molecular complexity index is 1020. The van der Waals surface area contributed by atoms with E-state index in [4.69, 9.17) is 14.2 Å². The Labute approximate surface area is 372 Å². The number of unbranched alkanes of at least 4 members (excludes halogenated alkanes) is 30. The molecule has 1 unspecified atom stereocenters. The Morgan fingerprint density at radius 1 is 0.350 bits per heavy atom. The first-order chi connectivity index (χ1) is 29.5. The van der Waals surface area contributed by atoms with Crippen LogP contribution in [0.2, 0.25) is 0 Å². The van der Waals surface area contributed by atoms with Gasteiger partial charge in [-0.2, -0.15) is 0 Å². The van der Waals surface area contributed by atoms with E-state index in [0.717, 1.165) is 96.3 Å². The zero-order chi connectivity index (χ0) is 43.7. The van der Waals surface area contributed by atoms with Crippen molar-refractivity contribution in [3.05, 3.63) is 36.5 Å². The summed E-state index contributed by atoms with van der Waals surface area (Å²) in [5, 5.41) is 0. The zero-order valence-corrected chi connectivity index (χ0v) is 40.0. The van der Waals surface area contributed by atoms with Crippen LogP contribution in [0.15, 0.2) is 36.5 Å². The second-order valence-corrected chi connectivity index (χ2v) is 17.4. The quantitative estimate of drug-likeness (QED) is 0.0263. The molecule has 350 valence electrons. The summed E-state index contributed by atoms with van der Waals surface area (Å²) < 4.78 is 16.8. The van der Waals surface area contributed by atoms with Crippen LogP contribution in [-0.2, 0) is 28.6 Å². The number of hydrogen-bond acceptors (Lipinski definition) is 6. The number of hydrogen-bond donors (Lipinski definition) is 0. The van der Waals surface area contributed by atoms with Crippen molar-refractivity contribution in [3.8, 4) is 0 Å². The summed E-state index contributed by atoms with van der Waals surface area (Å²) in [5.41, 5.74) is 0. The van der Waals surface area contributed by atoms with Gasteiger partial charge in [-0.15, -0.1) is 0 Å². The number of carbonyl (C=O) groups excluding carboxylic acids is 3. The van der Waals surface area contributed by atoms with Crippen LogP contribution < -0.4 is 0 Å². The van der Waals surface area contributed by atoms with E-state index in [2.05, 4.69) is 57.2 Å². The molecule has 60 heavy (non-hydrogen) atoms. The van der Waals surface area contributed by atoms with Crippen LogP contribution >= 0.6 is 0 Å². The van der Waals surface area contributed by atoms with E-state index < -0.39 is 6.10 Å². The number of allylic oxidation sites excluding steroid dienone is 6. The first-order valence-electron chi connectivity index (χ1n) is 26.0. The molecular weight excluding hydrogens is 745 g/mol. The molecule has 0 fully saturated rings. The maximum Gasteiger partial charge on any atom is 0.306 e. The van der Waals surface area contributed by atoms with Crippen LogP contribution in [0.1, 0.15) is 271 Å². The molecule has 0 spiro atoms. The van der Waals surface area contributed by atoms with E-state index in [1.54, 1.807) is 0 Å². The van der Waals surface area contributed by atoms with Crippen LogP contribution in [0.5, 0.6) is 0 Å². The van der Waals surface area contributed by atoms with E-state index in [-0.39, 0.29) is 31.1 Å². The average Bonchev–Trinajstić information content (AvgIpc) is 3.24. The molecule has 0 N–H and O–H groups in total. The van der Waals surface area contributed by atoms with Gasteiger partial charge in [0.25, 0.3) is 0 Å². The topological polar surface area (TPSA) is 78.9 Å². The maximum atomic E-state index is 12.8. The molecule has 0 heterocycles. The van der Waals surface area contributed by atoms with E-state index in [1.807, 2.05) is 0 Å². The molecule has 0 aliphatic heterocycles. The molecule has 0 amide bonds. The molecule has 0 aromatic rings. The molecule has 0 saturated carbocycles. The van der Waals surface area contributed by atoms with Crippen LogP contribution in [0.4, 0.5) is 0 Å². The van der Waals surface area contributed by atoms with Crippen molar-refractivity contribution in [2.75, 3.05) is 13.2 Å². The van der Waals surface area contributed by atoms with Crippen molar-refractivity contribution in [3.63, 3.8) is 0 Å². The molecule has 0 saturated heterocycles. The van der Waals surface area contributed by atoms with Crippen LogP contribution in [-0.4, -0.2) is 37.2 Å². The third-order valence-electron chi connectivity index (χ3n) is 11.4. The molecule has 0 aliphatic rings. The number of rotatable bonds is 47. The third kappa shape index (κ3) is 46.7. The van der Waals surface area contributed by atoms with Gasteiger partial charge in [-0.05, 0) is 51.4 Å². The molecule has 0 aromatic heterocycles. The summed E-state index contributed by atoms with van der Waals surface area (Å²) in [6.45, 7) is 6.53. The van der Waals surface area contributed by atoms with Crippen molar-refractivity contribution in [2.45, 2.75) is 277 Å². The highest BCUT2D eigenvalue weighted by atomic mass is 16.6. The molecule has 6 nitrogen and oxygen atoms in total. The highest BCUT2D eigenvalue weighted by Gasteiger charge is 2.19. The number of esters is 3. The summed E-state index contributed by atoms with van der Waals surface area (Å²) in [7, 11) is 0. The first-order valence-corrected chi connectivity index (χ1v) is 26.0. The Kier molecular flexibility index (Phi) is 47.3. The van der Waals surface area contributed by atoms with E-state index in [1.165, 1.54) is 135 Å². The van der Waals surface area contributed by atoms with Crippen molar-refractivity contribution in [1.82, 2.24) is 0 Å². The summed E-state index contributed by atoms with van der Waals surface area (Å²) in [6.07, 6.45) is 57.0. The lowest BCUT2D eigenvalue weighted by molar-refractivity contribution is -0.167. The Hall–Kier alpha value is -2.37. The SMILES string of the molecule is CC/C=C\C/C=C\C/C=C\CCCCCCCC(=O)OC(COC(=O)CCCCCCCCCCCC)COC(=O)CCCCCCCCCCCCCCCCCCC. The van der Waals surface area contributed by atoms with Crippen molar-refractivity contribution >= 4 is 17.9 Å². The molecule has 1 atom stereocenters. The standard InChI is InChI=1S/C54H98O6/c1-4-7-10-13-16-19-22-24-26-27-29-30-32-35-38-41-44-47-53(56)59-50-51(49-58-52(55)46-43-40-37-34-21-18-15-12-9-6-3)60-54(57)48-45-42-39-36-33-31-28-25-23-20-17-14-11-8-5-2/h8,11,17,20,25,28,51H,4-7,9-10,12-16,18-19,21-24,26-27,29-50H2,1-3H3/b11-8-,20-17-,28-25-. The molecule has 0 rings (SSSR count). The van der Waals surface area contributed by atoms with Gasteiger partial charge in [-0.1, -0.05) is 237 Å². The lowest BCUT2D eigenvalue weighted by Crippen LogP contribution is -2.30. The smallest absolute Gasteiger partial charge is 0.306 e. The monoisotopic (exact) mass is 843 g/mol. The molecule has 0 aliphatic carbocycles.